The summed E-state index contributed by atoms with van der Waals surface area (Å²) in [6.45, 7) is 0. The first-order chi connectivity index (χ1) is 12.2. The minimum Gasteiger partial charge on any atom is -0.469 e. The highest BCUT2D eigenvalue weighted by atomic mass is 35.5. The molecule has 0 aliphatic heterocycles. The van der Waals surface area contributed by atoms with Crippen molar-refractivity contribution in [3.63, 3.8) is 0 Å². The van der Waals surface area contributed by atoms with Gasteiger partial charge in [0.05, 0.1) is 12.6 Å². The highest BCUT2D eigenvalue weighted by Gasteiger charge is 2.02. The molecule has 0 unspecified atom stereocenters. The number of carbonyl (C=O) groups is 1. The summed E-state index contributed by atoms with van der Waals surface area (Å²) in [5, 5.41) is 1.64. The standard InChI is InChI=1S/C21H16ClNO2/c1-25-21(24)11-7-16-4-2-15(3-5-16)6-8-17-12-13-23-20-14-18(22)9-10-19(17)20/h2-5,9-10,12-14H,7,11H2,1H3. The number of aromatic nitrogens is 1. The van der Waals surface area contributed by atoms with Gasteiger partial charge in [0.2, 0.25) is 0 Å². The lowest BCUT2D eigenvalue weighted by molar-refractivity contribution is -0.140. The van der Waals surface area contributed by atoms with Gasteiger partial charge >= 0.3 is 5.97 Å². The summed E-state index contributed by atoms with van der Waals surface area (Å²) in [6.07, 6.45) is 2.78. The van der Waals surface area contributed by atoms with E-state index in [4.69, 9.17) is 11.6 Å². The lowest BCUT2D eigenvalue weighted by Gasteiger charge is -2.01. The average molecular weight is 350 g/mol. The SMILES string of the molecule is COC(=O)CCc1ccc(C#Cc2ccnc3cc(Cl)ccc23)cc1. The van der Waals surface area contributed by atoms with E-state index in [1.807, 2.05) is 48.5 Å². The second kappa shape index (κ2) is 7.83. The lowest BCUT2D eigenvalue weighted by Crippen LogP contribution is -2.01. The third-order valence-electron chi connectivity index (χ3n) is 3.85. The number of esters is 1. The zero-order chi connectivity index (χ0) is 17.6. The van der Waals surface area contributed by atoms with Crippen LogP contribution in [0.4, 0.5) is 0 Å². The number of benzene rings is 2. The quantitative estimate of drug-likeness (QED) is 0.520. The van der Waals surface area contributed by atoms with Gasteiger partial charge in [-0.2, -0.15) is 0 Å². The highest BCUT2D eigenvalue weighted by Crippen LogP contribution is 2.20. The van der Waals surface area contributed by atoms with E-state index in [1.165, 1.54) is 7.11 Å². The summed E-state index contributed by atoms with van der Waals surface area (Å²) >= 11 is 6.01. The normalized spacial score (nSPS) is 10.2. The van der Waals surface area contributed by atoms with Gasteiger partial charge in [-0.05, 0) is 42.3 Å². The molecule has 3 nitrogen and oxygen atoms in total. The number of hydrogen-bond donors (Lipinski definition) is 0. The Bertz CT molecular complexity index is 969. The van der Waals surface area contributed by atoms with E-state index in [-0.39, 0.29) is 5.97 Å². The molecule has 0 aliphatic rings. The van der Waals surface area contributed by atoms with Gasteiger partial charge in [0, 0.05) is 34.2 Å². The molecule has 124 valence electrons. The zero-order valence-corrected chi connectivity index (χ0v) is 14.5. The van der Waals surface area contributed by atoms with E-state index in [2.05, 4.69) is 21.6 Å². The molecular formula is C21H16ClNO2. The van der Waals surface area contributed by atoms with Crippen molar-refractivity contribution in [3.05, 3.63) is 76.4 Å². The summed E-state index contributed by atoms with van der Waals surface area (Å²) in [4.78, 5) is 15.5. The molecule has 2 aromatic carbocycles. The Morgan fingerprint density at radius 3 is 2.68 bits per heavy atom. The number of aryl methyl sites for hydroxylation is 1. The molecular weight excluding hydrogens is 334 g/mol. The first kappa shape index (κ1) is 17.0. The molecule has 0 fully saturated rings. The first-order valence-electron chi connectivity index (χ1n) is 7.88. The maximum absolute atomic E-state index is 11.2. The topological polar surface area (TPSA) is 39.2 Å². The molecule has 1 heterocycles. The van der Waals surface area contributed by atoms with Crippen LogP contribution in [0, 0.1) is 11.8 Å². The predicted molar refractivity (Wildman–Crippen MR) is 99.5 cm³/mol. The van der Waals surface area contributed by atoms with Gasteiger partial charge in [0.15, 0.2) is 0 Å². The van der Waals surface area contributed by atoms with Crippen molar-refractivity contribution in [2.24, 2.45) is 0 Å². The Hall–Kier alpha value is -2.83. The number of nitrogens with zero attached hydrogens (tertiary/aromatic N) is 1. The summed E-state index contributed by atoms with van der Waals surface area (Å²) in [5.41, 5.74) is 3.74. The van der Waals surface area contributed by atoms with Crippen LogP contribution in [0.25, 0.3) is 10.9 Å². The van der Waals surface area contributed by atoms with Crippen LogP contribution >= 0.6 is 11.6 Å². The molecule has 0 spiro atoms. The fourth-order valence-corrected chi connectivity index (χ4v) is 2.64. The van der Waals surface area contributed by atoms with E-state index in [0.29, 0.717) is 17.9 Å². The molecule has 25 heavy (non-hydrogen) atoms. The Morgan fingerprint density at radius 1 is 1.12 bits per heavy atom. The van der Waals surface area contributed by atoms with Crippen molar-refractivity contribution in [1.82, 2.24) is 4.98 Å². The molecule has 0 aliphatic carbocycles. The number of pyridine rings is 1. The second-order valence-electron chi connectivity index (χ2n) is 5.54. The van der Waals surface area contributed by atoms with Gasteiger partial charge in [0.1, 0.15) is 0 Å². The van der Waals surface area contributed by atoms with E-state index in [1.54, 1.807) is 6.20 Å². The van der Waals surface area contributed by atoms with Gasteiger partial charge in [-0.3, -0.25) is 9.78 Å². The smallest absolute Gasteiger partial charge is 0.305 e. The minimum absolute atomic E-state index is 0.200. The van der Waals surface area contributed by atoms with Gasteiger partial charge in [-0.1, -0.05) is 41.6 Å². The molecule has 0 N–H and O–H groups in total. The zero-order valence-electron chi connectivity index (χ0n) is 13.8. The van der Waals surface area contributed by atoms with Crippen molar-refractivity contribution in [2.45, 2.75) is 12.8 Å². The van der Waals surface area contributed by atoms with Crippen LogP contribution in [0.2, 0.25) is 5.02 Å². The Balaban J connectivity index is 1.79. The number of methoxy groups -OCH3 is 1. The summed E-state index contributed by atoms with van der Waals surface area (Å²) in [7, 11) is 1.40. The number of rotatable bonds is 3. The number of halogens is 1. The molecule has 3 rings (SSSR count). The van der Waals surface area contributed by atoms with Crippen molar-refractivity contribution in [2.75, 3.05) is 7.11 Å². The largest absolute Gasteiger partial charge is 0.469 e. The van der Waals surface area contributed by atoms with Crippen LogP contribution in [-0.2, 0) is 16.0 Å². The van der Waals surface area contributed by atoms with Crippen LogP contribution in [0.15, 0.2) is 54.7 Å². The molecule has 0 atom stereocenters. The number of ether oxygens (including phenoxy) is 1. The molecule has 1 aromatic heterocycles. The van der Waals surface area contributed by atoms with Crippen LogP contribution in [0.1, 0.15) is 23.1 Å². The molecule has 0 bridgehead atoms. The van der Waals surface area contributed by atoms with E-state index < -0.39 is 0 Å². The molecule has 0 radical (unpaired) electrons. The van der Waals surface area contributed by atoms with E-state index >= 15 is 0 Å². The summed E-state index contributed by atoms with van der Waals surface area (Å²) in [6, 6.07) is 15.4. The van der Waals surface area contributed by atoms with Gasteiger partial charge in [-0.15, -0.1) is 0 Å². The minimum atomic E-state index is -0.200. The maximum Gasteiger partial charge on any atom is 0.305 e. The number of fused-ring (bicyclic) bond motifs is 1. The van der Waals surface area contributed by atoms with Crippen LogP contribution in [-0.4, -0.2) is 18.1 Å². The Kier molecular flexibility index (Phi) is 5.33. The van der Waals surface area contributed by atoms with Crippen molar-refractivity contribution < 1.29 is 9.53 Å². The first-order valence-corrected chi connectivity index (χ1v) is 8.25. The summed E-state index contributed by atoms with van der Waals surface area (Å²) in [5.74, 6) is 6.16. The van der Waals surface area contributed by atoms with Crippen LogP contribution in [0.5, 0.6) is 0 Å². The average Bonchev–Trinajstić information content (AvgIpc) is 2.64. The molecule has 0 saturated carbocycles. The number of carbonyl (C=O) groups excluding carboxylic acids is 1. The van der Waals surface area contributed by atoms with Crippen LogP contribution in [0.3, 0.4) is 0 Å². The molecule has 0 amide bonds. The molecule has 4 heteroatoms. The predicted octanol–water partition coefficient (Wildman–Crippen LogP) is 4.39. The van der Waals surface area contributed by atoms with Gasteiger partial charge < -0.3 is 4.74 Å². The maximum atomic E-state index is 11.2. The Labute approximate surface area is 151 Å². The van der Waals surface area contributed by atoms with E-state index in [0.717, 1.165) is 27.6 Å². The lowest BCUT2D eigenvalue weighted by atomic mass is 10.1. The fourth-order valence-electron chi connectivity index (χ4n) is 2.47. The van der Waals surface area contributed by atoms with Crippen molar-refractivity contribution in [1.29, 1.82) is 0 Å². The van der Waals surface area contributed by atoms with Crippen molar-refractivity contribution in [3.8, 4) is 11.8 Å². The van der Waals surface area contributed by atoms with E-state index in [9.17, 15) is 4.79 Å². The second-order valence-corrected chi connectivity index (χ2v) is 5.98. The fraction of sp³-hybridized carbons (Fsp3) is 0.143. The summed E-state index contributed by atoms with van der Waals surface area (Å²) < 4.78 is 4.65. The number of hydrogen-bond acceptors (Lipinski definition) is 3. The van der Waals surface area contributed by atoms with Crippen LogP contribution < -0.4 is 0 Å². The Morgan fingerprint density at radius 2 is 1.92 bits per heavy atom. The van der Waals surface area contributed by atoms with Gasteiger partial charge in [0.25, 0.3) is 0 Å². The van der Waals surface area contributed by atoms with Gasteiger partial charge in [-0.25, -0.2) is 0 Å². The third kappa shape index (κ3) is 4.37. The third-order valence-corrected chi connectivity index (χ3v) is 4.08. The molecule has 3 aromatic rings. The monoisotopic (exact) mass is 349 g/mol. The molecule has 0 saturated heterocycles. The highest BCUT2D eigenvalue weighted by molar-refractivity contribution is 6.31. The van der Waals surface area contributed by atoms with Crippen molar-refractivity contribution >= 4 is 28.5 Å².